The van der Waals surface area contributed by atoms with Crippen molar-refractivity contribution >= 4 is 28.5 Å². The summed E-state index contributed by atoms with van der Waals surface area (Å²) in [6.45, 7) is 2.17. The maximum atomic E-state index is 11.9. The molecule has 0 radical (unpaired) electrons. The molecule has 1 aromatic heterocycles. The van der Waals surface area contributed by atoms with Crippen LogP contribution < -0.4 is 10.1 Å². The van der Waals surface area contributed by atoms with Gasteiger partial charge in [-0.25, -0.2) is 0 Å². The van der Waals surface area contributed by atoms with Crippen LogP contribution in [0.1, 0.15) is 36.8 Å². The van der Waals surface area contributed by atoms with Gasteiger partial charge in [-0.2, -0.15) is 0 Å². The maximum Gasteiger partial charge on any atom is 0.250 e. The molecule has 6 heteroatoms. The topological polar surface area (TPSA) is 64.1 Å². The molecule has 0 aliphatic carbocycles. The molecular formula is C17H21N3O2S. The third kappa shape index (κ3) is 5.83. The highest BCUT2D eigenvalue weighted by Gasteiger charge is 2.06. The zero-order valence-electron chi connectivity index (χ0n) is 13.4. The molecule has 1 amide bonds. The van der Waals surface area contributed by atoms with Crippen molar-refractivity contribution in [1.29, 1.82) is 0 Å². The number of rotatable bonds is 8. The Labute approximate surface area is 140 Å². The third-order valence-corrected chi connectivity index (χ3v) is 4.13. The second kappa shape index (κ2) is 9.05. The lowest BCUT2D eigenvalue weighted by Crippen LogP contribution is -2.07. The first kappa shape index (κ1) is 17.1. The number of unbranched alkanes of at least 4 members (excludes halogenated alkanes) is 2. The summed E-state index contributed by atoms with van der Waals surface area (Å²) in [6, 6.07) is 7.48. The van der Waals surface area contributed by atoms with Crippen LogP contribution in [0.25, 0.3) is 6.08 Å². The molecule has 0 aliphatic rings. The normalized spacial score (nSPS) is 10.9. The van der Waals surface area contributed by atoms with Crippen LogP contribution in [0.4, 0.5) is 5.13 Å². The number of amides is 1. The van der Waals surface area contributed by atoms with Gasteiger partial charge in [0, 0.05) is 12.5 Å². The van der Waals surface area contributed by atoms with E-state index in [1.807, 2.05) is 24.3 Å². The predicted octanol–water partition coefficient (Wildman–Crippen LogP) is 3.93. The Kier molecular flexibility index (Phi) is 6.75. The fraction of sp³-hybridized carbons (Fsp3) is 0.353. The number of ether oxygens (including phenoxy) is 1. The van der Waals surface area contributed by atoms with Crippen LogP contribution in [-0.4, -0.2) is 23.2 Å². The molecule has 1 N–H and O–H groups in total. The van der Waals surface area contributed by atoms with Crippen LogP contribution >= 0.6 is 11.3 Å². The van der Waals surface area contributed by atoms with Crippen molar-refractivity contribution in [3.8, 4) is 5.75 Å². The number of aryl methyl sites for hydroxylation is 1. The number of methoxy groups -OCH3 is 1. The van der Waals surface area contributed by atoms with Crippen LogP contribution in [-0.2, 0) is 11.2 Å². The standard InChI is InChI=1S/C17H21N3O2S/c1-3-4-5-6-16-19-20-17(23-16)18-15(21)12-9-13-7-10-14(22-2)11-8-13/h7-12H,3-6H2,1-2H3,(H,18,20,21). The van der Waals surface area contributed by atoms with E-state index in [0.717, 1.165) is 29.2 Å². The van der Waals surface area contributed by atoms with Gasteiger partial charge in [-0.05, 0) is 30.2 Å². The number of hydrogen-bond donors (Lipinski definition) is 1. The van der Waals surface area contributed by atoms with E-state index in [4.69, 9.17) is 4.74 Å². The van der Waals surface area contributed by atoms with E-state index in [1.165, 1.54) is 30.3 Å². The second-order valence-electron chi connectivity index (χ2n) is 5.05. The molecule has 23 heavy (non-hydrogen) atoms. The van der Waals surface area contributed by atoms with E-state index in [2.05, 4.69) is 22.4 Å². The first-order chi connectivity index (χ1) is 11.2. The quantitative estimate of drug-likeness (QED) is 0.588. The Morgan fingerprint density at radius 2 is 2.04 bits per heavy atom. The average molecular weight is 331 g/mol. The smallest absolute Gasteiger partial charge is 0.250 e. The summed E-state index contributed by atoms with van der Waals surface area (Å²) in [4.78, 5) is 11.9. The number of hydrogen-bond acceptors (Lipinski definition) is 5. The first-order valence-corrected chi connectivity index (χ1v) is 8.48. The number of carbonyl (C=O) groups excluding carboxylic acids is 1. The van der Waals surface area contributed by atoms with Crippen LogP contribution in [0.2, 0.25) is 0 Å². The van der Waals surface area contributed by atoms with Crippen LogP contribution in [0.3, 0.4) is 0 Å². The van der Waals surface area contributed by atoms with Gasteiger partial charge in [-0.1, -0.05) is 43.2 Å². The molecule has 2 rings (SSSR count). The van der Waals surface area contributed by atoms with E-state index >= 15 is 0 Å². The van der Waals surface area contributed by atoms with Crippen LogP contribution in [0, 0.1) is 0 Å². The fourth-order valence-corrected chi connectivity index (χ4v) is 2.75. The molecule has 0 atom stereocenters. The zero-order chi connectivity index (χ0) is 16.5. The van der Waals surface area contributed by atoms with Gasteiger partial charge in [0.1, 0.15) is 10.8 Å². The number of nitrogens with one attached hydrogen (secondary N) is 1. The Balaban J connectivity index is 1.85. The predicted molar refractivity (Wildman–Crippen MR) is 93.8 cm³/mol. The molecule has 0 saturated heterocycles. The zero-order valence-corrected chi connectivity index (χ0v) is 14.2. The number of aromatic nitrogens is 2. The first-order valence-electron chi connectivity index (χ1n) is 7.66. The van der Waals surface area contributed by atoms with Crippen LogP contribution in [0.5, 0.6) is 5.75 Å². The van der Waals surface area contributed by atoms with Gasteiger partial charge < -0.3 is 4.74 Å². The molecule has 5 nitrogen and oxygen atoms in total. The van der Waals surface area contributed by atoms with E-state index in [0.29, 0.717) is 5.13 Å². The van der Waals surface area contributed by atoms with Crippen molar-refractivity contribution in [3.05, 3.63) is 40.9 Å². The lowest BCUT2D eigenvalue weighted by Gasteiger charge is -1.99. The number of nitrogens with zero attached hydrogens (tertiary/aromatic N) is 2. The van der Waals surface area contributed by atoms with Crippen molar-refractivity contribution in [2.45, 2.75) is 32.6 Å². The monoisotopic (exact) mass is 331 g/mol. The Morgan fingerprint density at radius 3 is 2.74 bits per heavy atom. The number of anilines is 1. The van der Waals surface area contributed by atoms with Gasteiger partial charge in [0.15, 0.2) is 0 Å². The summed E-state index contributed by atoms with van der Waals surface area (Å²) in [5.74, 6) is 0.577. The molecule has 2 aromatic rings. The highest BCUT2D eigenvalue weighted by molar-refractivity contribution is 7.15. The summed E-state index contributed by atoms with van der Waals surface area (Å²) in [5, 5.41) is 12.3. The largest absolute Gasteiger partial charge is 0.497 e. The fourth-order valence-electron chi connectivity index (χ4n) is 1.97. The highest BCUT2D eigenvalue weighted by Crippen LogP contribution is 2.17. The Bertz CT molecular complexity index is 650. The SMILES string of the molecule is CCCCCc1nnc(NC(=O)C=Cc2ccc(OC)cc2)s1. The Morgan fingerprint density at radius 1 is 1.26 bits per heavy atom. The van der Waals surface area contributed by atoms with Crippen LogP contribution in [0.15, 0.2) is 30.3 Å². The van der Waals surface area contributed by atoms with Crippen molar-refractivity contribution in [1.82, 2.24) is 10.2 Å². The van der Waals surface area contributed by atoms with E-state index in [-0.39, 0.29) is 5.91 Å². The summed E-state index contributed by atoms with van der Waals surface area (Å²) in [5.41, 5.74) is 0.929. The molecule has 0 fully saturated rings. The van der Waals surface area contributed by atoms with Crippen molar-refractivity contribution in [2.75, 3.05) is 12.4 Å². The lowest BCUT2D eigenvalue weighted by molar-refractivity contribution is -0.111. The molecule has 122 valence electrons. The highest BCUT2D eigenvalue weighted by atomic mass is 32.1. The summed E-state index contributed by atoms with van der Waals surface area (Å²) in [7, 11) is 1.62. The number of carbonyl (C=O) groups is 1. The molecule has 1 aromatic carbocycles. The molecular weight excluding hydrogens is 310 g/mol. The minimum atomic E-state index is -0.211. The summed E-state index contributed by atoms with van der Waals surface area (Å²) < 4.78 is 5.09. The average Bonchev–Trinajstić information content (AvgIpc) is 3.01. The molecule has 1 heterocycles. The number of benzene rings is 1. The van der Waals surface area contributed by atoms with Gasteiger partial charge in [0.25, 0.3) is 0 Å². The third-order valence-electron chi connectivity index (χ3n) is 3.23. The van der Waals surface area contributed by atoms with Gasteiger partial charge in [0.05, 0.1) is 7.11 Å². The summed E-state index contributed by atoms with van der Waals surface area (Å²) >= 11 is 1.43. The minimum absolute atomic E-state index is 0.211. The van der Waals surface area contributed by atoms with Crippen molar-refractivity contribution < 1.29 is 9.53 Å². The van der Waals surface area contributed by atoms with Gasteiger partial charge in [-0.3, -0.25) is 10.1 Å². The van der Waals surface area contributed by atoms with Gasteiger partial charge >= 0.3 is 0 Å². The van der Waals surface area contributed by atoms with E-state index in [9.17, 15) is 4.79 Å². The van der Waals surface area contributed by atoms with E-state index in [1.54, 1.807) is 13.2 Å². The maximum absolute atomic E-state index is 11.9. The summed E-state index contributed by atoms with van der Waals surface area (Å²) in [6.07, 6.45) is 7.63. The second-order valence-corrected chi connectivity index (χ2v) is 6.12. The molecule has 0 saturated carbocycles. The van der Waals surface area contributed by atoms with Crippen molar-refractivity contribution in [2.24, 2.45) is 0 Å². The molecule has 0 aliphatic heterocycles. The van der Waals surface area contributed by atoms with Crippen molar-refractivity contribution in [3.63, 3.8) is 0 Å². The van der Waals surface area contributed by atoms with Gasteiger partial charge in [0.2, 0.25) is 11.0 Å². The molecule has 0 spiro atoms. The Hall–Kier alpha value is -2.21. The molecule has 0 bridgehead atoms. The lowest BCUT2D eigenvalue weighted by atomic mass is 10.2. The van der Waals surface area contributed by atoms with E-state index < -0.39 is 0 Å². The minimum Gasteiger partial charge on any atom is -0.497 e. The van der Waals surface area contributed by atoms with Gasteiger partial charge in [-0.15, -0.1) is 10.2 Å². The molecule has 0 unspecified atom stereocenters.